The summed E-state index contributed by atoms with van der Waals surface area (Å²) in [5, 5.41) is 6.88. The van der Waals surface area contributed by atoms with E-state index in [1.54, 1.807) is 11.3 Å². The molecule has 1 N–H and O–H groups in total. The van der Waals surface area contributed by atoms with Crippen LogP contribution in [0.3, 0.4) is 0 Å². The minimum Gasteiger partial charge on any atom is -0.314 e. The maximum atomic E-state index is 4.73. The molecule has 0 fully saturated rings. The van der Waals surface area contributed by atoms with Gasteiger partial charge in [-0.15, -0.1) is 11.3 Å². The largest absolute Gasteiger partial charge is 0.314 e. The summed E-state index contributed by atoms with van der Waals surface area (Å²) < 4.78 is 0. The van der Waals surface area contributed by atoms with E-state index in [1.165, 1.54) is 10.6 Å². The highest BCUT2D eigenvalue weighted by Gasteiger charge is 2.09. The maximum absolute atomic E-state index is 4.73. The van der Waals surface area contributed by atoms with Crippen molar-refractivity contribution in [2.75, 3.05) is 6.54 Å². The van der Waals surface area contributed by atoms with Crippen molar-refractivity contribution in [2.24, 2.45) is 0 Å². The predicted octanol–water partition coefficient (Wildman–Crippen LogP) is 3.74. The van der Waals surface area contributed by atoms with Crippen LogP contribution in [-0.4, -0.2) is 17.6 Å². The summed E-state index contributed by atoms with van der Waals surface area (Å²) >= 11 is 1.76. The van der Waals surface area contributed by atoms with E-state index in [9.17, 15) is 0 Å². The number of nitrogens with zero attached hydrogens (tertiary/aromatic N) is 1. The van der Waals surface area contributed by atoms with Gasteiger partial charge in [-0.3, -0.25) is 0 Å². The zero-order chi connectivity index (χ0) is 12.8. The lowest BCUT2D eigenvalue weighted by Crippen LogP contribution is -2.30. The molecule has 1 heterocycles. The molecule has 0 amide bonds. The first-order valence-electron chi connectivity index (χ1n) is 6.56. The molecule has 0 saturated carbocycles. The highest BCUT2D eigenvalue weighted by molar-refractivity contribution is 7.09. The van der Waals surface area contributed by atoms with Crippen LogP contribution < -0.4 is 5.32 Å². The molecule has 2 aromatic rings. The molecule has 1 aromatic carbocycles. The van der Waals surface area contributed by atoms with Crippen molar-refractivity contribution in [1.82, 2.24) is 10.3 Å². The van der Waals surface area contributed by atoms with E-state index < -0.39 is 0 Å². The fourth-order valence-electron chi connectivity index (χ4n) is 2.01. The molecular weight excluding hydrogens is 240 g/mol. The zero-order valence-corrected chi connectivity index (χ0v) is 11.8. The minimum atomic E-state index is 0.546. The first-order chi connectivity index (χ1) is 8.83. The van der Waals surface area contributed by atoms with Crippen LogP contribution in [0.2, 0.25) is 0 Å². The Morgan fingerprint density at radius 1 is 1.22 bits per heavy atom. The van der Waals surface area contributed by atoms with E-state index >= 15 is 0 Å². The first kappa shape index (κ1) is 13.2. The normalized spacial score (nSPS) is 12.6. The number of hydrogen-bond donors (Lipinski definition) is 1. The number of thiazole rings is 1. The summed E-state index contributed by atoms with van der Waals surface area (Å²) in [5.74, 6) is 0. The molecule has 18 heavy (non-hydrogen) atoms. The minimum absolute atomic E-state index is 0.546. The Labute approximate surface area is 113 Å². The van der Waals surface area contributed by atoms with Crippen molar-refractivity contribution in [3.8, 4) is 11.3 Å². The van der Waals surface area contributed by atoms with Gasteiger partial charge in [0.25, 0.3) is 0 Å². The number of rotatable bonds is 6. The molecule has 0 radical (unpaired) electrons. The Morgan fingerprint density at radius 2 is 2.00 bits per heavy atom. The van der Waals surface area contributed by atoms with Gasteiger partial charge in [0.2, 0.25) is 0 Å². The highest BCUT2D eigenvalue weighted by Crippen LogP contribution is 2.22. The lowest BCUT2D eigenvalue weighted by Gasteiger charge is -2.13. The third-order valence-corrected chi connectivity index (χ3v) is 3.90. The summed E-state index contributed by atoms with van der Waals surface area (Å²) in [6, 6.07) is 10.9. The molecule has 0 saturated heterocycles. The van der Waals surface area contributed by atoms with Crippen LogP contribution in [0.25, 0.3) is 11.3 Å². The van der Waals surface area contributed by atoms with E-state index in [0.29, 0.717) is 6.04 Å². The second kappa shape index (κ2) is 6.66. The monoisotopic (exact) mass is 260 g/mol. The van der Waals surface area contributed by atoms with Crippen molar-refractivity contribution in [1.29, 1.82) is 0 Å². The van der Waals surface area contributed by atoms with Gasteiger partial charge >= 0.3 is 0 Å². The molecule has 0 spiro atoms. The van der Waals surface area contributed by atoms with E-state index in [2.05, 4.69) is 48.8 Å². The molecule has 1 atom stereocenters. The lowest BCUT2D eigenvalue weighted by atomic mass is 10.1. The summed E-state index contributed by atoms with van der Waals surface area (Å²) in [4.78, 5) is 4.73. The van der Waals surface area contributed by atoms with Gasteiger partial charge in [0.05, 0.1) is 10.7 Å². The van der Waals surface area contributed by atoms with Gasteiger partial charge in [-0.25, -0.2) is 4.98 Å². The summed E-state index contributed by atoms with van der Waals surface area (Å²) in [7, 11) is 0. The van der Waals surface area contributed by atoms with Crippen molar-refractivity contribution in [3.63, 3.8) is 0 Å². The topological polar surface area (TPSA) is 24.9 Å². The quantitative estimate of drug-likeness (QED) is 0.856. The van der Waals surface area contributed by atoms with Crippen LogP contribution in [-0.2, 0) is 6.42 Å². The Balaban J connectivity index is 2.06. The summed E-state index contributed by atoms with van der Waals surface area (Å²) in [6.07, 6.45) is 2.18. The van der Waals surface area contributed by atoms with E-state index in [0.717, 1.165) is 25.1 Å². The molecule has 96 valence electrons. The molecule has 0 aliphatic heterocycles. The fourth-order valence-corrected chi connectivity index (χ4v) is 2.89. The second-order valence-electron chi connectivity index (χ2n) is 4.36. The molecule has 1 aromatic heterocycles. The summed E-state index contributed by atoms with van der Waals surface area (Å²) in [6.45, 7) is 5.40. The average Bonchev–Trinajstić information content (AvgIpc) is 2.88. The predicted molar refractivity (Wildman–Crippen MR) is 79.0 cm³/mol. The van der Waals surface area contributed by atoms with Crippen LogP contribution in [0.5, 0.6) is 0 Å². The van der Waals surface area contributed by atoms with Crippen LogP contribution in [0.4, 0.5) is 0 Å². The number of likely N-dealkylation sites (N-methyl/N-ethyl adjacent to an activating group) is 1. The molecule has 1 unspecified atom stereocenters. The highest BCUT2D eigenvalue weighted by atomic mass is 32.1. The smallest absolute Gasteiger partial charge is 0.0948 e. The second-order valence-corrected chi connectivity index (χ2v) is 5.30. The first-order valence-corrected chi connectivity index (χ1v) is 7.44. The van der Waals surface area contributed by atoms with Crippen molar-refractivity contribution in [2.45, 2.75) is 32.7 Å². The Morgan fingerprint density at radius 3 is 2.67 bits per heavy atom. The third-order valence-electron chi connectivity index (χ3n) is 3.03. The van der Waals surface area contributed by atoms with Gasteiger partial charge in [-0.2, -0.15) is 0 Å². The summed E-state index contributed by atoms with van der Waals surface area (Å²) in [5.41, 5.74) is 2.30. The Bertz CT molecular complexity index is 464. The van der Waals surface area contributed by atoms with E-state index in [4.69, 9.17) is 4.98 Å². The molecule has 0 aliphatic rings. The molecule has 3 heteroatoms. The Kier molecular flexibility index (Phi) is 4.90. The van der Waals surface area contributed by atoms with Crippen molar-refractivity contribution < 1.29 is 0 Å². The molecule has 2 nitrogen and oxygen atoms in total. The average molecular weight is 260 g/mol. The lowest BCUT2D eigenvalue weighted by molar-refractivity contribution is 0.509. The molecule has 0 aliphatic carbocycles. The van der Waals surface area contributed by atoms with Crippen molar-refractivity contribution in [3.05, 3.63) is 40.7 Å². The third kappa shape index (κ3) is 3.40. The van der Waals surface area contributed by atoms with Gasteiger partial charge in [-0.05, 0) is 13.0 Å². The maximum Gasteiger partial charge on any atom is 0.0948 e. The molecule has 0 bridgehead atoms. The van der Waals surface area contributed by atoms with Crippen molar-refractivity contribution >= 4 is 11.3 Å². The standard InChI is InChI=1S/C15H20N2S/c1-3-13(16-4-2)10-15-17-14(11-18-15)12-8-6-5-7-9-12/h5-9,11,13,16H,3-4,10H2,1-2H3. The van der Waals surface area contributed by atoms with E-state index in [-0.39, 0.29) is 0 Å². The van der Waals surface area contributed by atoms with Gasteiger partial charge in [0.1, 0.15) is 0 Å². The molecular formula is C15H20N2S. The number of aromatic nitrogens is 1. The Hall–Kier alpha value is -1.19. The SMILES string of the molecule is CCNC(CC)Cc1nc(-c2ccccc2)cs1. The van der Waals surface area contributed by atoms with Crippen LogP contribution >= 0.6 is 11.3 Å². The number of nitrogens with one attached hydrogen (secondary N) is 1. The van der Waals surface area contributed by atoms with Gasteiger partial charge in [-0.1, -0.05) is 44.2 Å². The number of hydrogen-bond acceptors (Lipinski definition) is 3. The number of benzene rings is 1. The van der Waals surface area contributed by atoms with Crippen LogP contribution in [0.1, 0.15) is 25.3 Å². The fraction of sp³-hybridized carbons (Fsp3) is 0.400. The van der Waals surface area contributed by atoms with Crippen LogP contribution in [0, 0.1) is 0 Å². The van der Waals surface area contributed by atoms with Gasteiger partial charge < -0.3 is 5.32 Å². The molecule has 2 rings (SSSR count). The van der Waals surface area contributed by atoms with Gasteiger partial charge in [0.15, 0.2) is 0 Å². The van der Waals surface area contributed by atoms with Gasteiger partial charge in [0, 0.05) is 23.4 Å². The zero-order valence-electron chi connectivity index (χ0n) is 11.0. The van der Waals surface area contributed by atoms with E-state index in [1.807, 2.05) is 6.07 Å². The van der Waals surface area contributed by atoms with Crippen LogP contribution in [0.15, 0.2) is 35.7 Å².